The van der Waals surface area contributed by atoms with E-state index in [4.69, 9.17) is 5.73 Å². The van der Waals surface area contributed by atoms with E-state index >= 15 is 0 Å². The first kappa shape index (κ1) is 18.5. The molecule has 5 nitrogen and oxygen atoms in total. The fourth-order valence-corrected chi connectivity index (χ4v) is 2.00. The monoisotopic (exact) mass is 382 g/mol. The lowest BCUT2D eigenvalue weighted by molar-refractivity contribution is -0.121. The highest BCUT2D eigenvalue weighted by molar-refractivity contribution is 14.0. The molecule has 19 heavy (non-hydrogen) atoms. The molecule has 112 valence electrons. The SMILES string of the molecule is CC1CCN(C(N)=NCCC(=O)NC(C)C)CC1.I. The number of piperidine rings is 1. The topological polar surface area (TPSA) is 70.7 Å². The molecule has 0 radical (unpaired) electrons. The van der Waals surface area contributed by atoms with Crippen LogP contribution in [0, 0.1) is 5.92 Å². The van der Waals surface area contributed by atoms with Crippen molar-refractivity contribution in [3.8, 4) is 0 Å². The van der Waals surface area contributed by atoms with Crippen LogP contribution in [0.4, 0.5) is 0 Å². The van der Waals surface area contributed by atoms with Crippen LogP contribution < -0.4 is 11.1 Å². The summed E-state index contributed by atoms with van der Waals surface area (Å²) in [5, 5.41) is 2.84. The smallest absolute Gasteiger partial charge is 0.222 e. The Morgan fingerprint density at radius 1 is 1.42 bits per heavy atom. The number of hydrogen-bond donors (Lipinski definition) is 2. The highest BCUT2D eigenvalue weighted by atomic mass is 127. The summed E-state index contributed by atoms with van der Waals surface area (Å²) in [4.78, 5) is 17.8. The van der Waals surface area contributed by atoms with Gasteiger partial charge in [0.25, 0.3) is 0 Å². The van der Waals surface area contributed by atoms with Crippen molar-refractivity contribution in [1.29, 1.82) is 0 Å². The second kappa shape index (κ2) is 9.39. The van der Waals surface area contributed by atoms with Gasteiger partial charge >= 0.3 is 0 Å². The molecule has 1 aliphatic heterocycles. The average Bonchev–Trinajstić information content (AvgIpc) is 2.28. The maximum atomic E-state index is 11.4. The summed E-state index contributed by atoms with van der Waals surface area (Å²) in [5.74, 6) is 1.40. The van der Waals surface area contributed by atoms with Gasteiger partial charge in [-0.25, -0.2) is 0 Å². The fraction of sp³-hybridized carbons (Fsp3) is 0.846. The zero-order chi connectivity index (χ0) is 13.5. The van der Waals surface area contributed by atoms with Crippen molar-refractivity contribution in [1.82, 2.24) is 10.2 Å². The summed E-state index contributed by atoms with van der Waals surface area (Å²) < 4.78 is 0. The Kier molecular flexibility index (Phi) is 9.12. The quantitative estimate of drug-likeness (QED) is 0.441. The Labute approximate surface area is 133 Å². The van der Waals surface area contributed by atoms with Crippen LogP contribution in [0.1, 0.15) is 40.0 Å². The highest BCUT2D eigenvalue weighted by Gasteiger charge is 2.16. The van der Waals surface area contributed by atoms with Gasteiger partial charge in [-0.1, -0.05) is 6.92 Å². The van der Waals surface area contributed by atoms with Crippen LogP contribution in [-0.4, -0.2) is 42.4 Å². The van der Waals surface area contributed by atoms with Crippen LogP contribution in [0.15, 0.2) is 4.99 Å². The molecule has 1 amide bonds. The van der Waals surface area contributed by atoms with E-state index in [9.17, 15) is 4.79 Å². The summed E-state index contributed by atoms with van der Waals surface area (Å²) in [5.41, 5.74) is 5.93. The third kappa shape index (κ3) is 7.59. The van der Waals surface area contributed by atoms with E-state index < -0.39 is 0 Å². The normalized spacial score (nSPS) is 17.3. The fourth-order valence-electron chi connectivity index (χ4n) is 2.00. The van der Waals surface area contributed by atoms with Gasteiger partial charge in [-0.3, -0.25) is 9.79 Å². The van der Waals surface area contributed by atoms with Crippen molar-refractivity contribution in [3.63, 3.8) is 0 Å². The van der Waals surface area contributed by atoms with Crippen molar-refractivity contribution >= 4 is 35.8 Å². The van der Waals surface area contributed by atoms with Crippen LogP contribution in [0.2, 0.25) is 0 Å². The van der Waals surface area contributed by atoms with E-state index in [0.29, 0.717) is 18.9 Å². The number of aliphatic imine (C=N–C) groups is 1. The van der Waals surface area contributed by atoms with Crippen molar-refractivity contribution in [3.05, 3.63) is 0 Å². The minimum Gasteiger partial charge on any atom is -0.370 e. The maximum Gasteiger partial charge on any atom is 0.222 e. The molecular weight excluding hydrogens is 355 g/mol. The molecule has 0 bridgehead atoms. The molecule has 0 aromatic rings. The lowest BCUT2D eigenvalue weighted by Crippen LogP contribution is -2.42. The summed E-state index contributed by atoms with van der Waals surface area (Å²) in [6.07, 6.45) is 2.75. The Hall–Kier alpha value is -0.530. The van der Waals surface area contributed by atoms with Gasteiger partial charge in [-0.2, -0.15) is 0 Å². The van der Waals surface area contributed by atoms with Crippen molar-refractivity contribution in [2.45, 2.75) is 46.1 Å². The molecule has 6 heteroatoms. The number of nitrogens with two attached hydrogens (primary N) is 1. The number of guanidine groups is 1. The molecule has 1 fully saturated rings. The number of amides is 1. The first-order chi connectivity index (χ1) is 8.49. The molecule has 1 heterocycles. The zero-order valence-electron chi connectivity index (χ0n) is 12.2. The first-order valence-electron chi connectivity index (χ1n) is 6.83. The highest BCUT2D eigenvalue weighted by Crippen LogP contribution is 2.15. The molecular formula is C13H27IN4O. The molecule has 1 rings (SSSR count). The number of nitrogens with one attached hydrogen (secondary N) is 1. The zero-order valence-corrected chi connectivity index (χ0v) is 14.5. The Morgan fingerprint density at radius 3 is 2.53 bits per heavy atom. The van der Waals surface area contributed by atoms with E-state index in [1.165, 1.54) is 12.8 Å². The number of likely N-dealkylation sites (tertiary alicyclic amines) is 1. The van der Waals surface area contributed by atoms with Gasteiger partial charge in [0.15, 0.2) is 5.96 Å². The molecule has 0 aromatic carbocycles. The van der Waals surface area contributed by atoms with E-state index in [-0.39, 0.29) is 35.9 Å². The molecule has 0 spiro atoms. The van der Waals surface area contributed by atoms with E-state index in [1.807, 2.05) is 13.8 Å². The predicted molar refractivity (Wildman–Crippen MR) is 89.8 cm³/mol. The maximum absolute atomic E-state index is 11.4. The van der Waals surface area contributed by atoms with E-state index in [2.05, 4.69) is 22.1 Å². The minimum absolute atomic E-state index is 0. The standard InChI is InChI=1S/C13H26N4O.HI/c1-10(2)16-12(18)4-7-15-13(14)17-8-5-11(3)6-9-17;/h10-11H,4-9H2,1-3H3,(H2,14,15)(H,16,18);1H. The Bertz CT molecular complexity index is 299. The van der Waals surface area contributed by atoms with Gasteiger partial charge in [-0.15, -0.1) is 24.0 Å². The summed E-state index contributed by atoms with van der Waals surface area (Å²) in [6, 6.07) is 0.183. The Balaban J connectivity index is 0.00000324. The molecule has 0 unspecified atom stereocenters. The number of carbonyl (C=O) groups excluding carboxylic acids is 1. The van der Waals surface area contributed by atoms with Crippen LogP contribution in [0.3, 0.4) is 0 Å². The van der Waals surface area contributed by atoms with Crippen LogP contribution in [-0.2, 0) is 4.79 Å². The molecule has 0 atom stereocenters. The number of carbonyl (C=O) groups is 1. The van der Waals surface area contributed by atoms with Crippen molar-refractivity contribution in [2.24, 2.45) is 16.6 Å². The van der Waals surface area contributed by atoms with Crippen molar-refractivity contribution < 1.29 is 4.79 Å². The molecule has 0 aromatic heterocycles. The summed E-state index contributed by atoms with van der Waals surface area (Å²) >= 11 is 0. The summed E-state index contributed by atoms with van der Waals surface area (Å²) in [7, 11) is 0. The molecule has 1 aliphatic rings. The molecule has 0 saturated carbocycles. The number of rotatable bonds is 4. The average molecular weight is 382 g/mol. The largest absolute Gasteiger partial charge is 0.370 e. The van der Waals surface area contributed by atoms with Crippen LogP contribution in [0.25, 0.3) is 0 Å². The van der Waals surface area contributed by atoms with Crippen LogP contribution in [0.5, 0.6) is 0 Å². The predicted octanol–water partition coefficient (Wildman–Crippen LogP) is 1.57. The molecule has 3 N–H and O–H groups in total. The number of hydrogen-bond acceptors (Lipinski definition) is 2. The lowest BCUT2D eigenvalue weighted by atomic mass is 10.00. The van der Waals surface area contributed by atoms with Gasteiger partial charge in [0, 0.05) is 25.6 Å². The van der Waals surface area contributed by atoms with Gasteiger partial charge in [0.2, 0.25) is 5.91 Å². The van der Waals surface area contributed by atoms with Gasteiger partial charge < -0.3 is 16.0 Å². The minimum atomic E-state index is 0. The Morgan fingerprint density at radius 2 is 2.00 bits per heavy atom. The van der Waals surface area contributed by atoms with E-state index in [1.54, 1.807) is 0 Å². The van der Waals surface area contributed by atoms with Crippen molar-refractivity contribution in [2.75, 3.05) is 19.6 Å². The number of halogens is 1. The van der Waals surface area contributed by atoms with Gasteiger partial charge in [0.1, 0.15) is 0 Å². The molecule has 0 aliphatic carbocycles. The van der Waals surface area contributed by atoms with E-state index in [0.717, 1.165) is 19.0 Å². The van der Waals surface area contributed by atoms with Gasteiger partial charge in [-0.05, 0) is 32.6 Å². The third-order valence-corrected chi connectivity index (χ3v) is 3.17. The first-order valence-corrected chi connectivity index (χ1v) is 6.83. The second-order valence-electron chi connectivity index (χ2n) is 5.38. The number of nitrogens with zero attached hydrogens (tertiary/aromatic N) is 2. The molecule has 1 saturated heterocycles. The lowest BCUT2D eigenvalue weighted by Gasteiger charge is -2.31. The third-order valence-electron chi connectivity index (χ3n) is 3.17. The van der Waals surface area contributed by atoms with Gasteiger partial charge in [0.05, 0.1) is 6.54 Å². The second-order valence-corrected chi connectivity index (χ2v) is 5.38. The van der Waals surface area contributed by atoms with Crippen LogP contribution >= 0.6 is 24.0 Å². The summed E-state index contributed by atoms with van der Waals surface area (Å²) in [6.45, 7) is 8.59.